The molecule has 0 aliphatic rings. The van der Waals surface area contributed by atoms with Gasteiger partial charge >= 0.3 is 6.03 Å². The lowest BCUT2D eigenvalue weighted by molar-refractivity contribution is 0.248. The number of urea groups is 1. The first-order valence-electron chi connectivity index (χ1n) is 6.93. The van der Waals surface area contributed by atoms with Gasteiger partial charge in [0.1, 0.15) is 0 Å². The molecule has 0 saturated carbocycles. The third kappa shape index (κ3) is 5.69. The Morgan fingerprint density at radius 2 is 2.20 bits per heavy atom. The van der Waals surface area contributed by atoms with Crippen LogP contribution in [0.15, 0.2) is 29.5 Å². The molecule has 0 radical (unpaired) electrons. The van der Waals surface area contributed by atoms with Crippen LogP contribution in [0.1, 0.15) is 25.8 Å². The average molecular weight is 277 g/mol. The molecule has 0 unspecified atom stereocenters. The Morgan fingerprint density at radius 3 is 2.80 bits per heavy atom. The number of guanidine groups is 1. The third-order valence-corrected chi connectivity index (χ3v) is 2.94. The molecule has 0 fully saturated rings. The molecule has 0 aliphatic heterocycles. The number of hydrogen-bond donors (Lipinski definition) is 2. The smallest absolute Gasteiger partial charge is 0.344 e. The summed E-state index contributed by atoms with van der Waals surface area (Å²) in [4.78, 5) is 21.3. The van der Waals surface area contributed by atoms with Gasteiger partial charge in [-0.3, -0.25) is 4.98 Å². The summed E-state index contributed by atoms with van der Waals surface area (Å²) in [7, 11) is 0. The van der Waals surface area contributed by atoms with Crippen LogP contribution in [0.2, 0.25) is 0 Å². The highest BCUT2D eigenvalue weighted by Crippen LogP contribution is 1.99. The van der Waals surface area contributed by atoms with E-state index in [1.165, 1.54) is 0 Å². The van der Waals surface area contributed by atoms with Gasteiger partial charge in [-0.2, -0.15) is 4.99 Å². The maximum Gasteiger partial charge on any atom is 0.344 e. The van der Waals surface area contributed by atoms with E-state index in [1.54, 1.807) is 6.20 Å². The lowest BCUT2D eigenvalue weighted by Gasteiger charge is -2.18. The number of nitrogens with zero attached hydrogens (tertiary/aromatic N) is 3. The largest absolute Gasteiger partial charge is 0.369 e. The summed E-state index contributed by atoms with van der Waals surface area (Å²) in [6.45, 7) is 5.98. The van der Waals surface area contributed by atoms with E-state index in [0.29, 0.717) is 6.54 Å². The summed E-state index contributed by atoms with van der Waals surface area (Å²) in [5, 5.41) is 2.73. The minimum absolute atomic E-state index is 0.264. The van der Waals surface area contributed by atoms with Gasteiger partial charge in [0, 0.05) is 32.0 Å². The van der Waals surface area contributed by atoms with Gasteiger partial charge in [0.05, 0.1) is 0 Å². The standard InChI is InChI=1S/C14H23N5O/c1-3-19(4-2)13(15)18-14(20)17-10-6-8-12-7-5-9-16-11-12/h5,7,9,11H,3-4,6,8,10H2,1-2H3,(H3,15,17,18,20). The summed E-state index contributed by atoms with van der Waals surface area (Å²) >= 11 is 0. The minimum atomic E-state index is -0.388. The number of pyridine rings is 1. The molecule has 110 valence electrons. The number of rotatable bonds is 6. The molecule has 2 amide bonds. The average Bonchev–Trinajstić information content (AvgIpc) is 2.46. The van der Waals surface area contributed by atoms with Crippen LogP contribution in [0, 0.1) is 0 Å². The summed E-state index contributed by atoms with van der Waals surface area (Å²) in [6, 6.07) is 3.54. The summed E-state index contributed by atoms with van der Waals surface area (Å²) in [6.07, 6.45) is 5.30. The van der Waals surface area contributed by atoms with Gasteiger partial charge in [0.15, 0.2) is 0 Å². The predicted octanol–water partition coefficient (Wildman–Crippen LogP) is 1.38. The maximum absolute atomic E-state index is 11.6. The van der Waals surface area contributed by atoms with Crippen LogP contribution in [0.5, 0.6) is 0 Å². The van der Waals surface area contributed by atoms with Crippen LogP contribution in [0.3, 0.4) is 0 Å². The Kier molecular flexibility index (Phi) is 7.10. The lowest BCUT2D eigenvalue weighted by atomic mass is 10.1. The molecule has 1 aromatic heterocycles. The molecule has 3 N–H and O–H groups in total. The number of carbonyl (C=O) groups is 1. The van der Waals surface area contributed by atoms with Gasteiger partial charge in [0.2, 0.25) is 5.96 Å². The summed E-state index contributed by atoms with van der Waals surface area (Å²) in [5.74, 6) is 0.264. The number of nitrogens with two attached hydrogens (primary N) is 1. The van der Waals surface area contributed by atoms with E-state index >= 15 is 0 Å². The molecule has 0 atom stereocenters. The molecule has 6 nitrogen and oxygen atoms in total. The van der Waals surface area contributed by atoms with E-state index in [2.05, 4.69) is 15.3 Å². The van der Waals surface area contributed by atoms with E-state index < -0.39 is 0 Å². The van der Waals surface area contributed by atoms with Crippen molar-refractivity contribution in [3.63, 3.8) is 0 Å². The molecule has 0 bridgehead atoms. The molecule has 20 heavy (non-hydrogen) atoms. The highest BCUT2D eigenvalue weighted by Gasteiger charge is 2.05. The zero-order valence-corrected chi connectivity index (χ0v) is 12.2. The van der Waals surface area contributed by atoms with Crippen molar-refractivity contribution in [3.8, 4) is 0 Å². The second kappa shape index (κ2) is 8.90. The topological polar surface area (TPSA) is 83.6 Å². The summed E-state index contributed by atoms with van der Waals surface area (Å²) in [5.41, 5.74) is 6.90. The van der Waals surface area contributed by atoms with Crippen molar-refractivity contribution >= 4 is 12.0 Å². The van der Waals surface area contributed by atoms with Crippen molar-refractivity contribution in [1.29, 1.82) is 0 Å². The molecular weight excluding hydrogens is 254 g/mol. The summed E-state index contributed by atoms with van der Waals surface area (Å²) < 4.78 is 0. The van der Waals surface area contributed by atoms with E-state index in [1.807, 2.05) is 37.1 Å². The second-order valence-corrected chi connectivity index (χ2v) is 4.34. The van der Waals surface area contributed by atoms with Gasteiger partial charge in [0.25, 0.3) is 0 Å². The van der Waals surface area contributed by atoms with E-state index in [4.69, 9.17) is 5.73 Å². The van der Waals surface area contributed by atoms with Crippen molar-refractivity contribution in [2.75, 3.05) is 19.6 Å². The second-order valence-electron chi connectivity index (χ2n) is 4.34. The maximum atomic E-state index is 11.6. The minimum Gasteiger partial charge on any atom is -0.369 e. The highest BCUT2D eigenvalue weighted by molar-refractivity contribution is 5.91. The first kappa shape index (κ1) is 15.9. The van der Waals surface area contributed by atoms with Crippen molar-refractivity contribution in [3.05, 3.63) is 30.1 Å². The molecule has 6 heteroatoms. The first-order chi connectivity index (χ1) is 9.67. The molecule has 1 heterocycles. The van der Waals surface area contributed by atoms with Crippen LogP contribution in [0.4, 0.5) is 4.79 Å². The normalized spacial score (nSPS) is 11.2. The van der Waals surface area contributed by atoms with Crippen LogP contribution >= 0.6 is 0 Å². The molecule has 1 rings (SSSR count). The number of aryl methyl sites for hydroxylation is 1. The SMILES string of the molecule is CCN(CC)C(N)=NC(=O)NCCCc1cccnc1. The highest BCUT2D eigenvalue weighted by atomic mass is 16.2. The molecule has 0 aromatic carbocycles. The fourth-order valence-electron chi connectivity index (χ4n) is 1.80. The first-order valence-corrected chi connectivity index (χ1v) is 6.93. The van der Waals surface area contributed by atoms with Crippen LogP contribution < -0.4 is 11.1 Å². The number of amides is 2. The molecule has 0 aliphatic carbocycles. The lowest BCUT2D eigenvalue weighted by Crippen LogP contribution is -2.38. The van der Waals surface area contributed by atoms with E-state index in [9.17, 15) is 4.79 Å². The zero-order chi connectivity index (χ0) is 14.8. The van der Waals surface area contributed by atoms with Crippen molar-refractivity contribution in [2.24, 2.45) is 10.7 Å². The Hall–Kier alpha value is -2.11. The number of hydrogen-bond acceptors (Lipinski definition) is 2. The predicted molar refractivity (Wildman–Crippen MR) is 80.5 cm³/mol. The Morgan fingerprint density at radius 1 is 1.45 bits per heavy atom. The number of aromatic nitrogens is 1. The van der Waals surface area contributed by atoms with Crippen molar-refractivity contribution < 1.29 is 4.79 Å². The molecule has 1 aromatic rings. The Balaban J connectivity index is 2.28. The van der Waals surface area contributed by atoms with E-state index in [-0.39, 0.29) is 12.0 Å². The number of aliphatic imine (C=N–C) groups is 1. The Labute approximate surface area is 120 Å². The van der Waals surface area contributed by atoms with Gasteiger partial charge in [-0.1, -0.05) is 6.07 Å². The van der Waals surface area contributed by atoms with Gasteiger partial charge in [-0.15, -0.1) is 0 Å². The Bertz CT molecular complexity index is 428. The van der Waals surface area contributed by atoms with Gasteiger partial charge in [-0.05, 0) is 38.3 Å². The molecule has 0 spiro atoms. The van der Waals surface area contributed by atoms with Gasteiger partial charge < -0.3 is 16.0 Å². The quantitative estimate of drug-likeness (QED) is 0.467. The molecule has 0 saturated heterocycles. The third-order valence-electron chi connectivity index (χ3n) is 2.94. The van der Waals surface area contributed by atoms with Crippen molar-refractivity contribution in [2.45, 2.75) is 26.7 Å². The van der Waals surface area contributed by atoms with E-state index in [0.717, 1.165) is 31.5 Å². The number of carbonyl (C=O) groups excluding carboxylic acids is 1. The fourth-order valence-corrected chi connectivity index (χ4v) is 1.80. The van der Waals surface area contributed by atoms with Crippen LogP contribution in [-0.2, 0) is 6.42 Å². The van der Waals surface area contributed by atoms with Crippen LogP contribution in [-0.4, -0.2) is 41.5 Å². The fraction of sp³-hybridized carbons (Fsp3) is 0.500. The zero-order valence-electron chi connectivity index (χ0n) is 12.2. The van der Waals surface area contributed by atoms with Gasteiger partial charge in [-0.25, -0.2) is 4.79 Å². The van der Waals surface area contributed by atoms with Crippen molar-refractivity contribution in [1.82, 2.24) is 15.2 Å². The molecular formula is C14H23N5O. The number of nitrogens with one attached hydrogen (secondary N) is 1. The van der Waals surface area contributed by atoms with Crippen LogP contribution in [0.25, 0.3) is 0 Å². The monoisotopic (exact) mass is 277 g/mol.